The van der Waals surface area contributed by atoms with E-state index in [2.05, 4.69) is 24.1 Å². The van der Waals surface area contributed by atoms with Gasteiger partial charge in [-0.2, -0.15) is 0 Å². The SMILES string of the molecule is CCO[C@]1(C(=O)Nc2ccc(OCCCN3CCC[C@@H](C)C3)cc2)CCC[C@H](C)C1. The van der Waals surface area contributed by atoms with Crippen LogP contribution >= 0.6 is 0 Å². The Morgan fingerprint density at radius 3 is 2.63 bits per heavy atom. The maximum atomic E-state index is 13.0. The van der Waals surface area contributed by atoms with Gasteiger partial charge in [0.25, 0.3) is 5.91 Å². The van der Waals surface area contributed by atoms with E-state index in [1.165, 1.54) is 32.4 Å². The molecule has 0 aromatic heterocycles. The van der Waals surface area contributed by atoms with E-state index >= 15 is 0 Å². The number of hydrogen-bond acceptors (Lipinski definition) is 4. The second-order valence-corrected chi connectivity index (χ2v) is 9.36. The van der Waals surface area contributed by atoms with Gasteiger partial charge in [0, 0.05) is 25.4 Å². The zero-order chi connectivity index (χ0) is 21.4. The molecule has 0 unspecified atom stereocenters. The zero-order valence-electron chi connectivity index (χ0n) is 19.1. The molecular formula is C25H40N2O3. The summed E-state index contributed by atoms with van der Waals surface area (Å²) in [6.45, 7) is 11.3. The lowest BCUT2D eigenvalue weighted by Crippen LogP contribution is -2.48. The Balaban J connectivity index is 1.45. The van der Waals surface area contributed by atoms with Gasteiger partial charge in [-0.05, 0) is 88.1 Å². The Morgan fingerprint density at radius 2 is 1.93 bits per heavy atom. The van der Waals surface area contributed by atoms with Crippen LogP contribution in [0.1, 0.15) is 65.7 Å². The van der Waals surface area contributed by atoms with E-state index in [4.69, 9.17) is 9.47 Å². The summed E-state index contributed by atoms with van der Waals surface area (Å²) in [5.74, 6) is 2.17. The molecule has 1 amide bonds. The van der Waals surface area contributed by atoms with Crippen molar-refractivity contribution < 1.29 is 14.3 Å². The number of nitrogens with one attached hydrogen (secondary N) is 1. The second-order valence-electron chi connectivity index (χ2n) is 9.36. The van der Waals surface area contributed by atoms with Crippen molar-refractivity contribution in [3.05, 3.63) is 24.3 Å². The van der Waals surface area contributed by atoms with Crippen molar-refractivity contribution in [3.8, 4) is 5.75 Å². The Hall–Kier alpha value is -1.59. The van der Waals surface area contributed by atoms with Crippen LogP contribution in [-0.2, 0) is 9.53 Å². The average molecular weight is 417 g/mol. The highest BCUT2D eigenvalue weighted by Gasteiger charge is 2.42. The predicted octanol–water partition coefficient (Wildman–Crippen LogP) is 5.11. The smallest absolute Gasteiger partial charge is 0.256 e. The lowest BCUT2D eigenvalue weighted by Gasteiger charge is -2.38. The summed E-state index contributed by atoms with van der Waals surface area (Å²) >= 11 is 0. The van der Waals surface area contributed by atoms with Crippen LogP contribution in [0.25, 0.3) is 0 Å². The summed E-state index contributed by atoms with van der Waals surface area (Å²) in [4.78, 5) is 15.6. The summed E-state index contributed by atoms with van der Waals surface area (Å²) in [6.07, 6.45) is 7.53. The number of piperidine rings is 1. The van der Waals surface area contributed by atoms with Crippen LogP contribution in [0.4, 0.5) is 5.69 Å². The number of amides is 1. The van der Waals surface area contributed by atoms with E-state index in [1.807, 2.05) is 31.2 Å². The highest BCUT2D eigenvalue weighted by atomic mass is 16.5. The topological polar surface area (TPSA) is 50.8 Å². The maximum Gasteiger partial charge on any atom is 0.256 e. The number of carbonyl (C=O) groups is 1. The first kappa shape index (κ1) is 23.1. The fourth-order valence-corrected chi connectivity index (χ4v) is 5.03. The standard InChI is InChI=1S/C25H40N2O3/c1-4-30-25(14-5-8-20(2)18-25)24(28)26-22-10-12-23(13-11-22)29-17-7-16-27-15-6-9-21(3)19-27/h10-13,20-21H,4-9,14-19H2,1-3H3,(H,26,28)/t20-,21+,25+/m0/s1. The van der Waals surface area contributed by atoms with E-state index < -0.39 is 5.60 Å². The maximum absolute atomic E-state index is 13.0. The molecule has 1 aromatic rings. The lowest BCUT2D eigenvalue weighted by molar-refractivity contribution is -0.147. The molecule has 2 aliphatic rings. The number of anilines is 1. The molecule has 0 radical (unpaired) electrons. The van der Waals surface area contributed by atoms with Gasteiger partial charge in [-0.25, -0.2) is 0 Å². The summed E-state index contributed by atoms with van der Waals surface area (Å²) in [5, 5.41) is 3.07. The molecule has 1 N–H and O–H groups in total. The molecular weight excluding hydrogens is 376 g/mol. The van der Waals surface area contributed by atoms with E-state index in [0.29, 0.717) is 12.5 Å². The number of hydrogen-bond donors (Lipinski definition) is 1. The molecule has 3 atom stereocenters. The first-order valence-corrected chi connectivity index (χ1v) is 11.9. The molecule has 1 saturated carbocycles. The minimum absolute atomic E-state index is 0.0136. The number of ether oxygens (including phenoxy) is 2. The van der Waals surface area contributed by atoms with E-state index in [-0.39, 0.29) is 5.91 Å². The zero-order valence-corrected chi connectivity index (χ0v) is 19.1. The number of carbonyl (C=O) groups excluding carboxylic acids is 1. The third-order valence-corrected chi connectivity index (χ3v) is 6.53. The van der Waals surface area contributed by atoms with Gasteiger partial charge in [0.1, 0.15) is 11.4 Å². The first-order valence-electron chi connectivity index (χ1n) is 11.9. The van der Waals surface area contributed by atoms with Crippen molar-refractivity contribution in [2.24, 2.45) is 11.8 Å². The Kier molecular flexibility index (Phi) is 8.58. The molecule has 5 nitrogen and oxygen atoms in total. The van der Waals surface area contributed by atoms with Gasteiger partial charge >= 0.3 is 0 Å². The fraction of sp³-hybridized carbons (Fsp3) is 0.720. The van der Waals surface area contributed by atoms with Crippen molar-refractivity contribution in [2.75, 3.05) is 38.2 Å². The highest BCUT2D eigenvalue weighted by molar-refractivity contribution is 5.97. The Bertz CT molecular complexity index is 659. The normalized spacial score (nSPS) is 27.6. The summed E-state index contributed by atoms with van der Waals surface area (Å²) < 4.78 is 11.9. The number of nitrogens with zero attached hydrogens (tertiary/aromatic N) is 1. The summed E-state index contributed by atoms with van der Waals surface area (Å²) in [7, 11) is 0. The molecule has 2 fully saturated rings. The predicted molar refractivity (Wildman–Crippen MR) is 122 cm³/mol. The number of benzene rings is 1. The van der Waals surface area contributed by atoms with E-state index in [9.17, 15) is 4.79 Å². The van der Waals surface area contributed by atoms with Crippen LogP contribution in [0.5, 0.6) is 5.75 Å². The number of likely N-dealkylation sites (tertiary alicyclic amines) is 1. The molecule has 0 spiro atoms. The number of rotatable bonds is 9. The van der Waals surface area contributed by atoms with Gasteiger partial charge < -0.3 is 19.7 Å². The van der Waals surface area contributed by atoms with E-state index in [0.717, 1.165) is 56.2 Å². The first-order chi connectivity index (χ1) is 14.5. The van der Waals surface area contributed by atoms with Gasteiger partial charge in [-0.15, -0.1) is 0 Å². The third-order valence-electron chi connectivity index (χ3n) is 6.53. The van der Waals surface area contributed by atoms with Gasteiger partial charge in [0.15, 0.2) is 0 Å². The molecule has 0 bridgehead atoms. The quantitative estimate of drug-likeness (QED) is 0.568. The van der Waals surface area contributed by atoms with Crippen LogP contribution in [-0.4, -0.2) is 49.3 Å². The minimum atomic E-state index is -0.687. The van der Waals surface area contributed by atoms with Crippen LogP contribution in [0.3, 0.4) is 0 Å². The molecule has 1 heterocycles. The van der Waals surface area contributed by atoms with Crippen molar-refractivity contribution in [2.45, 2.75) is 71.3 Å². The van der Waals surface area contributed by atoms with Gasteiger partial charge in [-0.1, -0.05) is 20.3 Å². The molecule has 1 aliphatic heterocycles. The van der Waals surface area contributed by atoms with Crippen molar-refractivity contribution >= 4 is 11.6 Å². The molecule has 5 heteroatoms. The van der Waals surface area contributed by atoms with Crippen molar-refractivity contribution in [3.63, 3.8) is 0 Å². The molecule has 1 saturated heterocycles. The van der Waals surface area contributed by atoms with Crippen molar-refractivity contribution in [1.82, 2.24) is 4.90 Å². The Morgan fingerprint density at radius 1 is 1.17 bits per heavy atom. The van der Waals surface area contributed by atoms with Crippen LogP contribution in [0.15, 0.2) is 24.3 Å². The van der Waals surface area contributed by atoms with Gasteiger partial charge in [0.2, 0.25) is 0 Å². The second kappa shape index (κ2) is 11.1. The molecule has 1 aromatic carbocycles. The fourth-order valence-electron chi connectivity index (χ4n) is 5.03. The third kappa shape index (κ3) is 6.45. The van der Waals surface area contributed by atoms with E-state index in [1.54, 1.807) is 0 Å². The Labute approximate surface area is 182 Å². The lowest BCUT2D eigenvalue weighted by atomic mass is 9.78. The largest absolute Gasteiger partial charge is 0.494 e. The monoisotopic (exact) mass is 416 g/mol. The van der Waals surface area contributed by atoms with Crippen LogP contribution in [0.2, 0.25) is 0 Å². The molecule has 168 valence electrons. The van der Waals surface area contributed by atoms with Gasteiger partial charge in [0.05, 0.1) is 6.61 Å². The van der Waals surface area contributed by atoms with Crippen LogP contribution in [0, 0.1) is 11.8 Å². The minimum Gasteiger partial charge on any atom is -0.494 e. The van der Waals surface area contributed by atoms with Crippen LogP contribution < -0.4 is 10.1 Å². The average Bonchev–Trinajstić information content (AvgIpc) is 2.73. The highest BCUT2D eigenvalue weighted by Crippen LogP contribution is 2.36. The van der Waals surface area contributed by atoms with Crippen molar-refractivity contribution in [1.29, 1.82) is 0 Å². The summed E-state index contributed by atoms with van der Waals surface area (Å²) in [6, 6.07) is 7.72. The molecule has 30 heavy (non-hydrogen) atoms. The van der Waals surface area contributed by atoms with Gasteiger partial charge in [-0.3, -0.25) is 4.79 Å². The molecule has 3 rings (SSSR count). The summed E-state index contributed by atoms with van der Waals surface area (Å²) in [5.41, 5.74) is 0.111. The molecule has 1 aliphatic carbocycles.